The molecule has 6 heteroatoms. The largest absolute Gasteiger partial charge is 0.348 e. The highest BCUT2D eigenvalue weighted by atomic mass is 16.2. The molecule has 1 aromatic heterocycles. The van der Waals surface area contributed by atoms with Crippen molar-refractivity contribution >= 4 is 11.8 Å². The van der Waals surface area contributed by atoms with Crippen LogP contribution in [0.2, 0.25) is 0 Å². The van der Waals surface area contributed by atoms with Crippen LogP contribution in [0.1, 0.15) is 68.6 Å². The molecule has 1 N–H and O–H groups in total. The lowest BCUT2D eigenvalue weighted by atomic mass is 9.94. The molecule has 25 heavy (non-hydrogen) atoms. The average molecular weight is 346 g/mol. The van der Waals surface area contributed by atoms with Gasteiger partial charge in [0.05, 0.1) is 17.9 Å². The smallest absolute Gasteiger partial charge is 0.271 e. The molecule has 1 saturated heterocycles. The number of hydrogen-bond donors (Lipinski definition) is 1. The number of amides is 2. The van der Waals surface area contributed by atoms with Gasteiger partial charge in [0.2, 0.25) is 5.91 Å². The minimum atomic E-state index is -0.0803. The normalized spacial score (nSPS) is 20.4. The minimum absolute atomic E-state index is 0.0229. The number of hydrogen-bond acceptors (Lipinski definition) is 3. The van der Waals surface area contributed by atoms with Crippen molar-refractivity contribution in [2.75, 3.05) is 13.1 Å². The summed E-state index contributed by atoms with van der Waals surface area (Å²) in [6.07, 6.45) is 8.60. The van der Waals surface area contributed by atoms with Gasteiger partial charge in [0.25, 0.3) is 5.91 Å². The van der Waals surface area contributed by atoms with Gasteiger partial charge >= 0.3 is 0 Å². The lowest BCUT2D eigenvalue weighted by molar-refractivity contribution is -0.137. The van der Waals surface area contributed by atoms with Crippen molar-refractivity contribution in [1.82, 2.24) is 19.8 Å². The van der Waals surface area contributed by atoms with Crippen LogP contribution in [0.3, 0.4) is 0 Å². The minimum Gasteiger partial charge on any atom is -0.348 e. The van der Waals surface area contributed by atoms with Gasteiger partial charge in [0.15, 0.2) is 0 Å². The Bertz CT molecular complexity index is 615. The van der Waals surface area contributed by atoms with E-state index in [9.17, 15) is 9.59 Å². The number of carbonyl (C=O) groups is 2. The number of nitrogens with zero attached hydrogens (tertiary/aromatic N) is 3. The standard InChI is InChI=1S/C19H30N4O2/c1-3-15(4-2)21-18(24)17-16-9-8-14(12-23(16)13-20-17)19(25)22-10-6-5-7-11-22/h13-15H,3-12H2,1-2H3,(H,21,24). The van der Waals surface area contributed by atoms with Gasteiger partial charge in [0, 0.05) is 25.7 Å². The zero-order valence-electron chi connectivity index (χ0n) is 15.5. The lowest BCUT2D eigenvalue weighted by Gasteiger charge is -2.32. The number of piperidine rings is 1. The van der Waals surface area contributed by atoms with Gasteiger partial charge in [-0.05, 0) is 44.9 Å². The van der Waals surface area contributed by atoms with E-state index in [1.807, 2.05) is 9.47 Å². The number of aromatic nitrogens is 2. The maximum atomic E-state index is 12.7. The second kappa shape index (κ2) is 8.02. The Hall–Kier alpha value is -1.85. The maximum absolute atomic E-state index is 12.7. The molecule has 0 spiro atoms. The Morgan fingerprint density at radius 2 is 1.96 bits per heavy atom. The fourth-order valence-corrected chi connectivity index (χ4v) is 3.98. The first-order valence-electron chi connectivity index (χ1n) is 9.77. The fourth-order valence-electron chi connectivity index (χ4n) is 3.98. The first kappa shape index (κ1) is 18.0. The molecule has 0 radical (unpaired) electrons. The number of imidazole rings is 1. The van der Waals surface area contributed by atoms with Crippen LogP contribution >= 0.6 is 0 Å². The van der Waals surface area contributed by atoms with Crippen molar-refractivity contribution in [3.8, 4) is 0 Å². The summed E-state index contributed by atoms with van der Waals surface area (Å²) in [4.78, 5) is 31.6. The summed E-state index contributed by atoms with van der Waals surface area (Å²) in [6, 6.07) is 0.196. The van der Waals surface area contributed by atoms with Gasteiger partial charge in [-0.2, -0.15) is 0 Å². The highest BCUT2D eigenvalue weighted by Crippen LogP contribution is 2.25. The van der Waals surface area contributed by atoms with Crippen LogP contribution in [0, 0.1) is 5.92 Å². The summed E-state index contributed by atoms with van der Waals surface area (Å²) < 4.78 is 2.01. The molecule has 2 amide bonds. The van der Waals surface area contributed by atoms with Gasteiger partial charge in [-0.3, -0.25) is 9.59 Å². The maximum Gasteiger partial charge on any atom is 0.271 e. The van der Waals surface area contributed by atoms with E-state index in [-0.39, 0.29) is 23.8 Å². The van der Waals surface area contributed by atoms with Crippen LogP contribution in [-0.4, -0.2) is 45.4 Å². The molecule has 1 aromatic rings. The average Bonchev–Trinajstić information content (AvgIpc) is 3.09. The third kappa shape index (κ3) is 3.88. The quantitative estimate of drug-likeness (QED) is 0.890. The van der Waals surface area contributed by atoms with E-state index < -0.39 is 0 Å². The van der Waals surface area contributed by atoms with E-state index in [0.29, 0.717) is 12.2 Å². The van der Waals surface area contributed by atoms with Crippen molar-refractivity contribution in [3.05, 3.63) is 17.7 Å². The first-order valence-corrected chi connectivity index (χ1v) is 9.77. The zero-order valence-corrected chi connectivity index (χ0v) is 15.5. The summed E-state index contributed by atoms with van der Waals surface area (Å²) >= 11 is 0. The van der Waals surface area contributed by atoms with Gasteiger partial charge < -0.3 is 14.8 Å². The zero-order chi connectivity index (χ0) is 17.8. The molecule has 1 fully saturated rings. The number of rotatable bonds is 5. The van der Waals surface area contributed by atoms with Crippen molar-refractivity contribution in [2.45, 2.75) is 71.4 Å². The van der Waals surface area contributed by atoms with E-state index in [0.717, 1.165) is 57.3 Å². The summed E-state index contributed by atoms with van der Waals surface area (Å²) in [6.45, 7) is 6.60. The van der Waals surface area contributed by atoms with Crippen LogP contribution in [0.5, 0.6) is 0 Å². The molecule has 0 aromatic carbocycles. The molecule has 1 unspecified atom stereocenters. The number of likely N-dealkylation sites (tertiary alicyclic amines) is 1. The third-order valence-corrected chi connectivity index (χ3v) is 5.65. The number of carbonyl (C=O) groups excluding carboxylic acids is 2. The van der Waals surface area contributed by atoms with Gasteiger partial charge in [0.1, 0.15) is 5.69 Å². The molecule has 2 aliphatic rings. The molecule has 0 bridgehead atoms. The molecule has 2 aliphatic heterocycles. The monoisotopic (exact) mass is 346 g/mol. The second-order valence-corrected chi connectivity index (χ2v) is 7.30. The number of nitrogens with one attached hydrogen (secondary N) is 1. The Kier molecular flexibility index (Phi) is 5.76. The van der Waals surface area contributed by atoms with Crippen LogP contribution in [0.25, 0.3) is 0 Å². The summed E-state index contributed by atoms with van der Waals surface area (Å²) in [5, 5.41) is 3.06. The Balaban J connectivity index is 1.66. The predicted octanol–water partition coefficient (Wildman–Crippen LogP) is 2.38. The molecule has 1 atom stereocenters. The van der Waals surface area contributed by atoms with E-state index in [2.05, 4.69) is 24.1 Å². The van der Waals surface area contributed by atoms with Crippen LogP contribution in [0.4, 0.5) is 0 Å². The van der Waals surface area contributed by atoms with Crippen LogP contribution in [0.15, 0.2) is 6.33 Å². The topological polar surface area (TPSA) is 67.2 Å². The van der Waals surface area contributed by atoms with Crippen molar-refractivity contribution in [2.24, 2.45) is 5.92 Å². The summed E-state index contributed by atoms with van der Waals surface area (Å²) in [5.41, 5.74) is 1.52. The molecular weight excluding hydrogens is 316 g/mol. The van der Waals surface area contributed by atoms with Crippen LogP contribution < -0.4 is 5.32 Å². The van der Waals surface area contributed by atoms with Gasteiger partial charge in [-0.15, -0.1) is 0 Å². The molecule has 0 aliphatic carbocycles. The van der Waals surface area contributed by atoms with E-state index in [1.54, 1.807) is 6.33 Å². The number of fused-ring (bicyclic) bond motifs is 1. The van der Waals surface area contributed by atoms with Crippen LogP contribution in [-0.2, 0) is 17.8 Å². The van der Waals surface area contributed by atoms with Gasteiger partial charge in [-0.25, -0.2) is 4.98 Å². The predicted molar refractivity (Wildman–Crippen MR) is 96.3 cm³/mol. The molecule has 0 saturated carbocycles. The molecular formula is C19H30N4O2. The first-order chi connectivity index (χ1) is 12.1. The van der Waals surface area contributed by atoms with Crippen molar-refractivity contribution in [3.63, 3.8) is 0 Å². The fraction of sp³-hybridized carbons (Fsp3) is 0.737. The Morgan fingerprint density at radius 3 is 2.64 bits per heavy atom. The summed E-state index contributed by atoms with van der Waals surface area (Å²) in [7, 11) is 0. The van der Waals surface area contributed by atoms with E-state index in [1.165, 1.54) is 6.42 Å². The molecule has 6 nitrogen and oxygen atoms in total. The van der Waals surface area contributed by atoms with Gasteiger partial charge in [-0.1, -0.05) is 13.8 Å². The van der Waals surface area contributed by atoms with E-state index >= 15 is 0 Å². The highest BCUT2D eigenvalue weighted by Gasteiger charge is 2.31. The Labute approximate surface area is 150 Å². The molecule has 3 heterocycles. The SMILES string of the molecule is CCC(CC)NC(=O)c1ncn2c1CCC(C(=O)N1CCCCC1)C2. The highest BCUT2D eigenvalue weighted by molar-refractivity contribution is 5.93. The summed E-state index contributed by atoms with van der Waals surface area (Å²) in [5.74, 6) is 0.222. The van der Waals surface area contributed by atoms with Crippen molar-refractivity contribution < 1.29 is 9.59 Å². The Morgan fingerprint density at radius 1 is 1.24 bits per heavy atom. The molecule has 3 rings (SSSR count). The van der Waals surface area contributed by atoms with Crippen molar-refractivity contribution in [1.29, 1.82) is 0 Å². The third-order valence-electron chi connectivity index (χ3n) is 5.65. The second-order valence-electron chi connectivity index (χ2n) is 7.30. The lowest BCUT2D eigenvalue weighted by Crippen LogP contribution is -2.42. The molecule has 138 valence electrons. The van der Waals surface area contributed by atoms with E-state index in [4.69, 9.17) is 0 Å².